The van der Waals surface area contributed by atoms with Crippen LogP contribution >= 0.6 is 0 Å². The number of benzene rings is 2. The lowest BCUT2D eigenvalue weighted by Crippen LogP contribution is -2.11. The Morgan fingerprint density at radius 1 is 1.09 bits per heavy atom. The topological polar surface area (TPSA) is 98.5 Å². The predicted molar refractivity (Wildman–Crippen MR) is 124 cm³/mol. The Bertz CT molecular complexity index is 1370. The molecule has 32 heavy (non-hydrogen) atoms. The molecule has 0 amide bonds. The highest BCUT2D eigenvalue weighted by Crippen LogP contribution is 2.31. The number of aromatic nitrogens is 4. The van der Waals surface area contributed by atoms with E-state index in [4.69, 9.17) is 4.74 Å². The molecule has 1 N–H and O–H groups in total. The van der Waals surface area contributed by atoms with Gasteiger partial charge < -0.3 is 10.1 Å². The van der Waals surface area contributed by atoms with Crippen molar-refractivity contribution in [3.63, 3.8) is 0 Å². The molecule has 9 heteroatoms. The summed E-state index contributed by atoms with van der Waals surface area (Å²) in [7, 11) is -3.92. The molecule has 4 aromatic rings. The fourth-order valence-corrected chi connectivity index (χ4v) is 5.74. The molecule has 0 aliphatic rings. The van der Waals surface area contributed by atoms with Crippen LogP contribution in [0.15, 0.2) is 46.3 Å². The maximum absolute atomic E-state index is 13.6. The largest absolute Gasteiger partial charge is 0.382 e. The van der Waals surface area contributed by atoms with Crippen molar-refractivity contribution in [3.8, 4) is 0 Å². The van der Waals surface area contributed by atoms with Gasteiger partial charge in [0, 0.05) is 25.1 Å². The first-order valence-corrected chi connectivity index (χ1v) is 12.1. The van der Waals surface area contributed by atoms with Gasteiger partial charge in [0.2, 0.25) is 14.9 Å². The molecule has 0 spiro atoms. The second-order valence-corrected chi connectivity index (χ2v) is 9.62. The summed E-state index contributed by atoms with van der Waals surface area (Å²) in [6, 6.07) is 11.3. The molecule has 8 nitrogen and oxygen atoms in total. The molecule has 2 aromatic heterocycles. The molecule has 0 saturated heterocycles. The van der Waals surface area contributed by atoms with E-state index in [9.17, 15) is 8.42 Å². The lowest BCUT2D eigenvalue weighted by Gasteiger charge is -2.12. The minimum absolute atomic E-state index is 0.143. The van der Waals surface area contributed by atoms with E-state index in [1.807, 2.05) is 50.2 Å². The fraction of sp³-hybridized carbons (Fsp3) is 0.348. The number of fused-ring (bicyclic) bond motifs is 3. The third-order valence-electron chi connectivity index (χ3n) is 5.31. The average Bonchev–Trinajstić information content (AvgIpc) is 3.17. The predicted octanol–water partition coefficient (Wildman–Crippen LogP) is 3.87. The highest BCUT2D eigenvalue weighted by molar-refractivity contribution is 7.91. The van der Waals surface area contributed by atoms with Gasteiger partial charge in [0.15, 0.2) is 5.65 Å². The van der Waals surface area contributed by atoms with E-state index < -0.39 is 9.84 Å². The van der Waals surface area contributed by atoms with Crippen LogP contribution < -0.4 is 5.32 Å². The molecular weight excluding hydrogens is 426 g/mol. The van der Waals surface area contributed by atoms with Crippen molar-refractivity contribution in [1.29, 1.82) is 0 Å². The van der Waals surface area contributed by atoms with Crippen LogP contribution in [-0.4, -0.2) is 48.0 Å². The molecular formula is C23H27N5O3S. The van der Waals surface area contributed by atoms with Gasteiger partial charge in [-0.3, -0.25) is 0 Å². The van der Waals surface area contributed by atoms with Gasteiger partial charge in [-0.2, -0.15) is 4.52 Å². The van der Waals surface area contributed by atoms with Crippen molar-refractivity contribution < 1.29 is 13.2 Å². The van der Waals surface area contributed by atoms with Crippen molar-refractivity contribution in [2.45, 2.75) is 44.0 Å². The molecule has 0 bridgehead atoms. The maximum atomic E-state index is 13.6. The third-order valence-corrected chi connectivity index (χ3v) is 7.27. The molecule has 0 radical (unpaired) electrons. The quantitative estimate of drug-likeness (QED) is 0.404. The number of nitrogens with one attached hydrogen (secondary N) is 1. The number of hydrogen-bond donors (Lipinski definition) is 1. The number of anilines is 1. The maximum Gasteiger partial charge on any atom is 0.230 e. The highest BCUT2D eigenvalue weighted by atomic mass is 32.2. The van der Waals surface area contributed by atoms with Crippen LogP contribution in [0.3, 0.4) is 0 Å². The van der Waals surface area contributed by atoms with E-state index in [1.54, 1.807) is 13.8 Å². The normalized spacial score (nSPS) is 12.0. The van der Waals surface area contributed by atoms with Crippen LogP contribution in [0.5, 0.6) is 0 Å². The first-order valence-electron chi connectivity index (χ1n) is 10.6. The Morgan fingerprint density at radius 2 is 1.81 bits per heavy atom. The summed E-state index contributed by atoms with van der Waals surface area (Å²) in [4.78, 5) is 4.91. The summed E-state index contributed by atoms with van der Waals surface area (Å²) in [5, 5.41) is 12.2. The number of hydrogen-bond acceptors (Lipinski definition) is 7. The van der Waals surface area contributed by atoms with Gasteiger partial charge in [-0.15, -0.1) is 5.10 Å². The molecule has 0 fully saturated rings. The number of ether oxygens (including phenoxy) is 1. The van der Waals surface area contributed by atoms with E-state index in [-0.39, 0.29) is 15.6 Å². The van der Waals surface area contributed by atoms with Gasteiger partial charge in [-0.1, -0.05) is 35.0 Å². The third kappa shape index (κ3) is 3.93. The number of nitrogens with zero attached hydrogens (tertiary/aromatic N) is 4. The van der Waals surface area contributed by atoms with Crippen LogP contribution in [0, 0.1) is 20.8 Å². The van der Waals surface area contributed by atoms with Gasteiger partial charge in [-0.05, 0) is 57.4 Å². The average molecular weight is 454 g/mol. The Labute approximate surface area is 187 Å². The van der Waals surface area contributed by atoms with Gasteiger partial charge in [0.25, 0.3) is 0 Å². The molecule has 0 atom stereocenters. The first-order chi connectivity index (χ1) is 15.3. The fourth-order valence-electron chi connectivity index (χ4n) is 4.07. The van der Waals surface area contributed by atoms with Crippen molar-refractivity contribution in [3.05, 3.63) is 53.1 Å². The van der Waals surface area contributed by atoms with Gasteiger partial charge in [0.05, 0.1) is 10.4 Å². The first kappa shape index (κ1) is 22.2. The minimum Gasteiger partial charge on any atom is -0.382 e. The number of aryl methyl sites for hydroxylation is 3. The van der Waals surface area contributed by atoms with E-state index in [2.05, 4.69) is 20.6 Å². The molecule has 0 saturated carbocycles. The number of para-hydroxylation sites is 1. The van der Waals surface area contributed by atoms with Crippen molar-refractivity contribution >= 4 is 32.2 Å². The van der Waals surface area contributed by atoms with Crippen LogP contribution in [0.2, 0.25) is 0 Å². The minimum atomic E-state index is -3.92. The highest BCUT2D eigenvalue weighted by Gasteiger charge is 2.30. The van der Waals surface area contributed by atoms with Gasteiger partial charge in [-0.25, -0.2) is 13.4 Å². The summed E-state index contributed by atoms with van der Waals surface area (Å²) in [5.41, 5.74) is 3.30. The van der Waals surface area contributed by atoms with Crippen LogP contribution in [-0.2, 0) is 14.6 Å². The van der Waals surface area contributed by atoms with E-state index >= 15 is 0 Å². The van der Waals surface area contributed by atoms with E-state index in [0.717, 1.165) is 22.9 Å². The second kappa shape index (κ2) is 8.84. The van der Waals surface area contributed by atoms with Gasteiger partial charge >= 0.3 is 0 Å². The van der Waals surface area contributed by atoms with Crippen molar-refractivity contribution in [2.75, 3.05) is 25.1 Å². The summed E-state index contributed by atoms with van der Waals surface area (Å²) in [6.07, 6.45) is 0.805. The summed E-state index contributed by atoms with van der Waals surface area (Å²) < 4.78 is 34.2. The molecule has 4 rings (SSSR count). The van der Waals surface area contributed by atoms with Crippen LogP contribution in [0.4, 0.5) is 5.82 Å². The molecule has 0 unspecified atom stereocenters. The smallest absolute Gasteiger partial charge is 0.230 e. The standard InChI is InChI=1S/C23H27N5O3S/c1-5-31-12-8-11-24-21-18-9-6-7-10-19(18)28-22(25-21)23(26-27-28)32(29,30)20-16(3)13-15(2)14-17(20)4/h6-7,9-10,13-14H,5,8,11-12H2,1-4H3,(H,24,25). The van der Waals surface area contributed by atoms with Crippen molar-refractivity contribution in [2.24, 2.45) is 0 Å². The zero-order valence-corrected chi connectivity index (χ0v) is 19.5. The Balaban J connectivity index is 1.85. The molecule has 2 aromatic carbocycles. The number of sulfone groups is 1. The SMILES string of the molecule is CCOCCCNc1nc2c(S(=O)(=O)c3c(C)cc(C)cc3C)nnn2c2ccccc12. The van der Waals surface area contributed by atoms with Crippen LogP contribution in [0.25, 0.3) is 16.6 Å². The second-order valence-electron chi connectivity index (χ2n) is 7.82. The van der Waals surface area contributed by atoms with Gasteiger partial charge in [0.1, 0.15) is 5.82 Å². The Kier molecular flexibility index (Phi) is 6.12. The molecule has 2 heterocycles. The van der Waals surface area contributed by atoms with E-state index in [1.165, 1.54) is 4.52 Å². The zero-order chi connectivity index (χ0) is 22.9. The Morgan fingerprint density at radius 3 is 2.53 bits per heavy atom. The molecule has 0 aliphatic heterocycles. The summed E-state index contributed by atoms with van der Waals surface area (Å²) in [6.45, 7) is 9.47. The molecule has 168 valence electrons. The lowest BCUT2D eigenvalue weighted by atomic mass is 10.1. The number of rotatable bonds is 8. The summed E-state index contributed by atoms with van der Waals surface area (Å²) in [5.74, 6) is 0.598. The monoisotopic (exact) mass is 453 g/mol. The molecule has 0 aliphatic carbocycles. The lowest BCUT2D eigenvalue weighted by molar-refractivity contribution is 0.147. The van der Waals surface area contributed by atoms with E-state index in [0.29, 0.717) is 36.7 Å². The van der Waals surface area contributed by atoms with Crippen molar-refractivity contribution in [1.82, 2.24) is 19.8 Å². The zero-order valence-electron chi connectivity index (χ0n) is 18.7. The Hall–Kier alpha value is -3.04. The summed E-state index contributed by atoms with van der Waals surface area (Å²) >= 11 is 0. The van der Waals surface area contributed by atoms with Crippen LogP contribution in [0.1, 0.15) is 30.0 Å².